The standard InChI is InChI=1S/C21H23N5O/c1-15-20(23-19-6-2-3-9-25(15)19)21(27)26-10-7-17-13-24(14-18(17)26)12-16-5-4-8-22-11-16/h2-6,8-9,11,17-18H,7,10,12-14H2,1H3/t17-,18+/m0/s1. The van der Waals surface area contributed by atoms with Crippen molar-refractivity contribution in [3.8, 4) is 0 Å². The minimum atomic E-state index is 0.0759. The summed E-state index contributed by atoms with van der Waals surface area (Å²) in [6, 6.07) is 10.3. The molecule has 3 aromatic heterocycles. The summed E-state index contributed by atoms with van der Waals surface area (Å²) in [5.41, 5.74) is 3.57. The molecule has 0 spiro atoms. The number of amides is 1. The van der Waals surface area contributed by atoms with Crippen LogP contribution in [0, 0.1) is 12.8 Å². The SMILES string of the molecule is Cc1c(C(=O)N2CC[C@H]3CN(Cc4cccnc4)C[C@H]32)nc2ccccn12. The zero-order valence-corrected chi connectivity index (χ0v) is 15.5. The predicted molar refractivity (Wildman–Crippen MR) is 102 cm³/mol. The van der Waals surface area contributed by atoms with Crippen molar-refractivity contribution in [1.82, 2.24) is 24.2 Å². The van der Waals surface area contributed by atoms with Crippen LogP contribution in [0.15, 0.2) is 48.9 Å². The number of carbonyl (C=O) groups excluding carboxylic acids is 1. The highest BCUT2D eigenvalue weighted by atomic mass is 16.2. The summed E-state index contributed by atoms with van der Waals surface area (Å²) < 4.78 is 1.99. The predicted octanol–water partition coefficient (Wildman–Crippen LogP) is 2.38. The maximum atomic E-state index is 13.3. The van der Waals surface area contributed by atoms with Crippen molar-refractivity contribution in [2.24, 2.45) is 5.92 Å². The molecule has 2 aliphatic heterocycles. The summed E-state index contributed by atoms with van der Waals surface area (Å²) in [5, 5.41) is 0. The van der Waals surface area contributed by atoms with Crippen molar-refractivity contribution >= 4 is 11.6 Å². The molecule has 0 bridgehead atoms. The molecule has 0 N–H and O–H groups in total. The molecule has 2 aliphatic rings. The average Bonchev–Trinajstić information content (AvgIpc) is 3.35. The number of likely N-dealkylation sites (tertiary alicyclic amines) is 2. The van der Waals surface area contributed by atoms with Crippen molar-refractivity contribution in [3.63, 3.8) is 0 Å². The Balaban J connectivity index is 1.35. The highest BCUT2D eigenvalue weighted by Crippen LogP contribution is 2.33. The van der Waals surface area contributed by atoms with Crippen LogP contribution in [0.1, 0.15) is 28.2 Å². The van der Waals surface area contributed by atoms with Crippen LogP contribution in [0.3, 0.4) is 0 Å². The third-order valence-corrected chi connectivity index (χ3v) is 5.98. The number of aryl methyl sites for hydroxylation is 1. The average molecular weight is 361 g/mol. The van der Waals surface area contributed by atoms with Crippen LogP contribution in [0.5, 0.6) is 0 Å². The van der Waals surface area contributed by atoms with Crippen molar-refractivity contribution in [2.45, 2.75) is 25.9 Å². The van der Waals surface area contributed by atoms with Gasteiger partial charge in [-0.15, -0.1) is 0 Å². The lowest BCUT2D eigenvalue weighted by atomic mass is 10.1. The van der Waals surface area contributed by atoms with E-state index in [1.165, 1.54) is 5.56 Å². The molecular weight excluding hydrogens is 338 g/mol. The number of hydrogen-bond acceptors (Lipinski definition) is 4. The normalized spacial score (nSPS) is 22.5. The highest BCUT2D eigenvalue weighted by Gasteiger charge is 2.44. The molecule has 6 nitrogen and oxygen atoms in total. The first-order valence-corrected chi connectivity index (χ1v) is 9.56. The van der Waals surface area contributed by atoms with Gasteiger partial charge in [0.2, 0.25) is 0 Å². The van der Waals surface area contributed by atoms with Gasteiger partial charge in [-0.25, -0.2) is 4.98 Å². The van der Waals surface area contributed by atoms with Crippen LogP contribution in [-0.4, -0.2) is 55.8 Å². The van der Waals surface area contributed by atoms with Gasteiger partial charge in [0.1, 0.15) is 11.3 Å². The largest absolute Gasteiger partial charge is 0.333 e. The second-order valence-electron chi connectivity index (χ2n) is 7.64. The number of imidazole rings is 1. The van der Waals surface area contributed by atoms with Gasteiger partial charge >= 0.3 is 0 Å². The van der Waals surface area contributed by atoms with Crippen LogP contribution in [-0.2, 0) is 6.54 Å². The van der Waals surface area contributed by atoms with E-state index >= 15 is 0 Å². The Bertz CT molecular complexity index is 983. The number of nitrogens with zero attached hydrogens (tertiary/aromatic N) is 5. The lowest BCUT2D eigenvalue weighted by Gasteiger charge is -2.24. The molecule has 5 rings (SSSR count). The van der Waals surface area contributed by atoms with E-state index in [1.807, 2.05) is 48.0 Å². The minimum Gasteiger partial charge on any atom is -0.333 e. The van der Waals surface area contributed by atoms with Crippen LogP contribution in [0.4, 0.5) is 0 Å². The number of carbonyl (C=O) groups is 1. The van der Waals surface area contributed by atoms with E-state index in [0.717, 1.165) is 43.9 Å². The molecule has 0 unspecified atom stereocenters. The molecule has 0 aliphatic carbocycles. The Hall–Kier alpha value is -2.73. The zero-order chi connectivity index (χ0) is 18.4. The van der Waals surface area contributed by atoms with E-state index in [2.05, 4.69) is 25.8 Å². The Morgan fingerprint density at radius 3 is 2.96 bits per heavy atom. The van der Waals surface area contributed by atoms with E-state index in [0.29, 0.717) is 17.7 Å². The van der Waals surface area contributed by atoms with E-state index < -0.39 is 0 Å². The highest BCUT2D eigenvalue weighted by molar-refractivity contribution is 5.94. The molecule has 5 heterocycles. The molecule has 1 amide bonds. The number of rotatable bonds is 3. The first-order valence-electron chi connectivity index (χ1n) is 9.56. The third-order valence-electron chi connectivity index (χ3n) is 5.98. The summed E-state index contributed by atoms with van der Waals surface area (Å²) in [7, 11) is 0. The second kappa shape index (κ2) is 6.46. The minimum absolute atomic E-state index is 0.0759. The molecule has 2 saturated heterocycles. The van der Waals surface area contributed by atoms with Gasteiger partial charge < -0.3 is 9.30 Å². The topological polar surface area (TPSA) is 53.7 Å². The second-order valence-corrected chi connectivity index (χ2v) is 7.64. The van der Waals surface area contributed by atoms with Gasteiger partial charge in [0.15, 0.2) is 0 Å². The van der Waals surface area contributed by atoms with E-state index in [9.17, 15) is 4.79 Å². The van der Waals surface area contributed by atoms with E-state index in [-0.39, 0.29) is 5.91 Å². The maximum Gasteiger partial charge on any atom is 0.274 e. The van der Waals surface area contributed by atoms with Crippen molar-refractivity contribution in [2.75, 3.05) is 19.6 Å². The molecule has 27 heavy (non-hydrogen) atoms. The van der Waals surface area contributed by atoms with Crippen LogP contribution >= 0.6 is 0 Å². The third kappa shape index (κ3) is 2.80. The van der Waals surface area contributed by atoms with Gasteiger partial charge in [0.05, 0.1) is 5.69 Å². The van der Waals surface area contributed by atoms with Crippen molar-refractivity contribution < 1.29 is 4.79 Å². The molecule has 0 saturated carbocycles. The lowest BCUT2D eigenvalue weighted by Crippen LogP contribution is -2.40. The van der Waals surface area contributed by atoms with E-state index in [4.69, 9.17) is 0 Å². The van der Waals surface area contributed by atoms with Crippen LogP contribution < -0.4 is 0 Å². The van der Waals surface area contributed by atoms with Crippen molar-refractivity contribution in [1.29, 1.82) is 0 Å². The number of pyridine rings is 2. The van der Waals surface area contributed by atoms with Crippen LogP contribution in [0.25, 0.3) is 5.65 Å². The summed E-state index contributed by atoms with van der Waals surface area (Å²) in [4.78, 5) is 26.6. The van der Waals surface area contributed by atoms with Gasteiger partial charge in [-0.1, -0.05) is 12.1 Å². The molecule has 0 aromatic carbocycles. The fraction of sp³-hybridized carbons (Fsp3) is 0.381. The Labute approximate surface area is 158 Å². The van der Waals surface area contributed by atoms with Gasteiger partial charge in [-0.3, -0.25) is 14.7 Å². The first-order chi connectivity index (χ1) is 13.2. The fourth-order valence-corrected chi connectivity index (χ4v) is 4.64. The fourth-order valence-electron chi connectivity index (χ4n) is 4.64. The van der Waals surface area contributed by atoms with Gasteiger partial charge in [0.25, 0.3) is 5.91 Å². The molecule has 2 atom stereocenters. The Kier molecular flexibility index (Phi) is 3.93. The molecule has 3 aromatic rings. The summed E-state index contributed by atoms with van der Waals surface area (Å²) in [5.74, 6) is 0.634. The summed E-state index contributed by atoms with van der Waals surface area (Å²) >= 11 is 0. The molecule has 2 fully saturated rings. The molecular formula is C21H23N5O. The number of hydrogen-bond donors (Lipinski definition) is 0. The number of fused-ring (bicyclic) bond motifs is 2. The molecule has 0 radical (unpaired) electrons. The molecule has 6 heteroatoms. The van der Waals surface area contributed by atoms with Gasteiger partial charge in [-0.05, 0) is 43.0 Å². The molecule has 138 valence electrons. The monoisotopic (exact) mass is 361 g/mol. The van der Waals surface area contributed by atoms with Gasteiger partial charge in [0, 0.05) is 50.8 Å². The Morgan fingerprint density at radius 2 is 2.15 bits per heavy atom. The number of aromatic nitrogens is 3. The maximum absolute atomic E-state index is 13.3. The van der Waals surface area contributed by atoms with Gasteiger partial charge in [-0.2, -0.15) is 0 Å². The van der Waals surface area contributed by atoms with Crippen molar-refractivity contribution in [3.05, 3.63) is 65.9 Å². The Morgan fingerprint density at radius 1 is 1.22 bits per heavy atom. The lowest BCUT2D eigenvalue weighted by molar-refractivity contribution is 0.0720. The smallest absolute Gasteiger partial charge is 0.274 e. The summed E-state index contributed by atoms with van der Waals surface area (Å²) in [6.07, 6.45) is 6.77. The van der Waals surface area contributed by atoms with E-state index in [1.54, 1.807) is 6.20 Å². The summed E-state index contributed by atoms with van der Waals surface area (Å²) in [6.45, 7) is 5.69. The zero-order valence-electron chi connectivity index (χ0n) is 15.5. The first kappa shape index (κ1) is 16.4. The van der Waals surface area contributed by atoms with Crippen LogP contribution in [0.2, 0.25) is 0 Å². The quantitative estimate of drug-likeness (QED) is 0.719.